The fourth-order valence-corrected chi connectivity index (χ4v) is 1.03. The first-order valence-electron chi connectivity index (χ1n) is 3.50. The minimum absolute atomic E-state index is 0.241. The Morgan fingerprint density at radius 3 is 2.50 bits per heavy atom. The molecule has 64 valence electrons. The number of allylic oxidation sites excluding steroid dienone is 1. The van der Waals surface area contributed by atoms with Gasteiger partial charge in [0.25, 0.3) is 5.79 Å². The van der Waals surface area contributed by atoms with Crippen molar-refractivity contribution < 1.29 is 14.6 Å². The fraction of sp³-hybridized carbons (Fsp3) is 0.222. The maximum Gasteiger partial charge on any atom is 0.341 e. The molecule has 0 bridgehead atoms. The second-order valence-electron chi connectivity index (χ2n) is 2.47. The molecule has 1 unspecified atom stereocenters. The lowest BCUT2D eigenvalue weighted by Gasteiger charge is -2.15. The maximum absolute atomic E-state index is 11.0. The molecule has 0 spiro atoms. The lowest BCUT2D eigenvalue weighted by Crippen LogP contribution is -2.25. The molecule has 1 fully saturated rings. The van der Waals surface area contributed by atoms with Gasteiger partial charge in [-0.15, -0.1) is 0 Å². The van der Waals surface area contributed by atoms with Gasteiger partial charge in [0.2, 0.25) is 0 Å². The van der Waals surface area contributed by atoms with Crippen molar-refractivity contribution in [2.24, 2.45) is 0 Å². The summed E-state index contributed by atoms with van der Waals surface area (Å²) in [6.45, 7) is 8.58. The van der Waals surface area contributed by atoms with Crippen LogP contribution in [0.3, 0.4) is 0 Å². The van der Waals surface area contributed by atoms with E-state index >= 15 is 0 Å². The highest BCUT2D eigenvalue weighted by molar-refractivity contribution is 5.97. The quantitative estimate of drug-likeness (QED) is 0.358. The van der Waals surface area contributed by atoms with Gasteiger partial charge in [-0.2, -0.15) is 0 Å². The summed E-state index contributed by atoms with van der Waals surface area (Å²) in [6, 6.07) is 0. The van der Waals surface area contributed by atoms with Gasteiger partial charge in [0.05, 0.1) is 5.57 Å². The summed E-state index contributed by atoms with van der Waals surface area (Å²) in [5, 5.41) is 9.54. The standard InChI is InChI=1S/C9H10O3/c1-4-7-6(3)9(11,5-2)12-8(7)10/h4-5,11H,2-3H2,1H3/b7-4+. The van der Waals surface area contributed by atoms with Crippen molar-refractivity contribution in [2.75, 3.05) is 0 Å². The van der Waals surface area contributed by atoms with Crippen LogP contribution in [-0.4, -0.2) is 16.9 Å². The number of ether oxygens (including phenoxy) is 1. The minimum Gasteiger partial charge on any atom is -0.421 e. The number of hydrogen-bond acceptors (Lipinski definition) is 3. The second-order valence-corrected chi connectivity index (χ2v) is 2.47. The lowest BCUT2D eigenvalue weighted by atomic mass is 10.0. The zero-order valence-corrected chi connectivity index (χ0v) is 6.83. The van der Waals surface area contributed by atoms with Crippen molar-refractivity contribution >= 4 is 5.97 Å². The van der Waals surface area contributed by atoms with E-state index in [9.17, 15) is 9.90 Å². The third-order valence-electron chi connectivity index (χ3n) is 1.79. The molecule has 0 aromatic heterocycles. The van der Waals surface area contributed by atoms with Crippen molar-refractivity contribution in [1.29, 1.82) is 0 Å². The summed E-state index contributed by atoms with van der Waals surface area (Å²) >= 11 is 0. The Labute approximate surface area is 70.7 Å². The zero-order chi connectivity index (χ0) is 9.35. The number of aliphatic hydroxyl groups is 1. The lowest BCUT2D eigenvalue weighted by molar-refractivity contribution is -0.164. The molecule has 0 aromatic carbocycles. The van der Waals surface area contributed by atoms with E-state index in [0.717, 1.165) is 6.08 Å². The Morgan fingerprint density at radius 1 is 1.67 bits per heavy atom. The number of rotatable bonds is 1. The number of carbonyl (C=O) groups is 1. The van der Waals surface area contributed by atoms with Crippen LogP contribution >= 0.6 is 0 Å². The van der Waals surface area contributed by atoms with Gasteiger partial charge >= 0.3 is 5.97 Å². The van der Waals surface area contributed by atoms with Gasteiger partial charge < -0.3 is 9.84 Å². The first kappa shape index (κ1) is 8.74. The fourth-order valence-electron chi connectivity index (χ4n) is 1.03. The van der Waals surface area contributed by atoms with Crippen LogP contribution in [0.2, 0.25) is 0 Å². The van der Waals surface area contributed by atoms with Crippen LogP contribution in [-0.2, 0) is 9.53 Å². The summed E-state index contributed by atoms with van der Waals surface area (Å²) in [5.41, 5.74) is 0.544. The van der Waals surface area contributed by atoms with Crippen LogP contribution in [0.1, 0.15) is 6.92 Å². The van der Waals surface area contributed by atoms with Gasteiger partial charge in [-0.1, -0.05) is 19.2 Å². The molecule has 0 radical (unpaired) electrons. The van der Waals surface area contributed by atoms with E-state index in [-0.39, 0.29) is 5.57 Å². The highest BCUT2D eigenvalue weighted by atomic mass is 16.7. The monoisotopic (exact) mass is 166 g/mol. The highest BCUT2D eigenvalue weighted by Crippen LogP contribution is 2.33. The molecule has 0 aromatic rings. The molecule has 1 saturated heterocycles. The maximum atomic E-state index is 11.0. The van der Waals surface area contributed by atoms with Crippen LogP contribution < -0.4 is 0 Å². The molecule has 1 N–H and O–H groups in total. The highest BCUT2D eigenvalue weighted by Gasteiger charge is 2.43. The molecule has 0 amide bonds. The third kappa shape index (κ3) is 0.987. The molecular weight excluding hydrogens is 156 g/mol. The van der Waals surface area contributed by atoms with Crippen LogP contribution in [0.25, 0.3) is 0 Å². The van der Waals surface area contributed by atoms with Crippen molar-refractivity contribution in [3.05, 3.63) is 36.5 Å². The summed E-state index contributed by atoms with van der Waals surface area (Å²) in [7, 11) is 0. The van der Waals surface area contributed by atoms with E-state index in [2.05, 4.69) is 17.9 Å². The van der Waals surface area contributed by atoms with Gasteiger partial charge in [-0.3, -0.25) is 0 Å². The molecule has 1 aliphatic rings. The molecular formula is C9H10O3. The second kappa shape index (κ2) is 2.60. The Kier molecular flexibility index (Phi) is 1.90. The van der Waals surface area contributed by atoms with Crippen molar-refractivity contribution in [1.82, 2.24) is 0 Å². The van der Waals surface area contributed by atoms with E-state index in [1.165, 1.54) is 0 Å². The van der Waals surface area contributed by atoms with E-state index in [0.29, 0.717) is 5.57 Å². The average molecular weight is 166 g/mol. The van der Waals surface area contributed by atoms with Gasteiger partial charge in [-0.25, -0.2) is 4.79 Å². The van der Waals surface area contributed by atoms with Gasteiger partial charge in [0.15, 0.2) is 0 Å². The van der Waals surface area contributed by atoms with E-state index in [1.807, 2.05) is 0 Å². The molecule has 12 heavy (non-hydrogen) atoms. The molecule has 1 rings (SSSR count). The van der Waals surface area contributed by atoms with Gasteiger partial charge in [-0.05, 0) is 13.0 Å². The summed E-state index contributed by atoms with van der Waals surface area (Å²) in [4.78, 5) is 11.0. The molecule has 0 aliphatic carbocycles. The van der Waals surface area contributed by atoms with Gasteiger partial charge in [0.1, 0.15) is 0 Å². The smallest absolute Gasteiger partial charge is 0.341 e. The first-order chi connectivity index (χ1) is 5.55. The summed E-state index contributed by atoms with van der Waals surface area (Å²) < 4.78 is 4.64. The first-order valence-corrected chi connectivity index (χ1v) is 3.50. The van der Waals surface area contributed by atoms with E-state index < -0.39 is 11.8 Å². The topological polar surface area (TPSA) is 46.5 Å². The minimum atomic E-state index is -1.71. The van der Waals surface area contributed by atoms with Crippen molar-refractivity contribution in [2.45, 2.75) is 12.7 Å². The Morgan fingerprint density at radius 2 is 2.25 bits per heavy atom. The Hall–Kier alpha value is -1.35. The number of carbonyl (C=O) groups excluding carboxylic acids is 1. The average Bonchev–Trinajstić information content (AvgIpc) is 2.25. The third-order valence-corrected chi connectivity index (χ3v) is 1.79. The largest absolute Gasteiger partial charge is 0.421 e. The number of esters is 1. The predicted octanol–water partition coefficient (Wildman–Crippen LogP) is 0.920. The summed E-state index contributed by atoms with van der Waals surface area (Å²) in [6.07, 6.45) is 2.69. The number of hydrogen-bond donors (Lipinski definition) is 1. The predicted molar refractivity (Wildman–Crippen MR) is 44.1 cm³/mol. The van der Waals surface area contributed by atoms with Crippen molar-refractivity contribution in [3.8, 4) is 0 Å². The van der Waals surface area contributed by atoms with Crippen LogP contribution in [0.4, 0.5) is 0 Å². The molecule has 3 nitrogen and oxygen atoms in total. The SMILES string of the molecule is C=CC1(O)OC(=O)/C(=C/C)C1=C. The van der Waals surface area contributed by atoms with E-state index in [4.69, 9.17) is 0 Å². The summed E-state index contributed by atoms with van der Waals surface area (Å²) in [5.74, 6) is -2.27. The molecule has 3 heteroatoms. The van der Waals surface area contributed by atoms with Crippen LogP contribution in [0, 0.1) is 0 Å². The number of cyclic esters (lactones) is 1. The Balaban J connectivity index is 3.14. The molecule has 1 heterocycles. The Bertz CT molecular complexity index is 288. The van der Waals surface area contributed by atoms with Gasteiger partial charge in [0, 0.05) is 5.57 Å². The van der Waals surface area contributed by atoms with Crippen LogP contribution in [0.15, 0.2) is 36.5 Å². The normalized spacial score (nSPS) is 32.3. The molecule has 1 atom stereocenters. The molecule has 1 aliphatic heterocycles. The van der Waals surface area contributed by atoms with Crippen LogP contribution in [0.5, 0.6) is 0 Å². The zero-order valence-electron chi connectivity index (χ0n) is 6.83. The molecule has 0 saturated carbocycles. The van der Waals surface area contributed by atoms with Crippen molar-refractivity contribution in [3.63, 3.8) is 0 Å². The van der Waals surface area contributed by atoms with E-state index in [1.54, 1.807) is 13.0 Å².